The molecule has 2 N–H and O–H groups in total. The van der Waals surface area contributed by atoms with Crippen molar-refractivity contribution >= 4 is 26.7 Å². The second kappa shape index (κ2) is 5.34. The zero-order valence-corrected chi connectivity index (χ0v) is 13.8. The average Bonchev–Trinajstić information content (AvgIpc) is 3.04. The van der Waals surface area contributed by atoms with Crippen LogP contribution in [0.2, 0.25) is 0 Å². The number of nitrogens with zero attached hydrogens (tertiary/aromatic N) is 3. The van der Waals surface area contributed by atoms with Crippen LogP contribution >= 0.6 is 0 Å². The van der Waals surface area contributed by atoms with Crippen LogP contribution in [0.25, 0.3) is 11.0 Å². The van der Waals surface area contributed by atoms with E-state index in [1.807, 2.05) is 20.8 Å². The molecule has 0 unspecified atom stereocenters. The fourth-order valence-corrected chi connectivity index (χ4v) is 3.13. The van der Waals surface area contributed by atoms with Crippen LogP contribution in [-0.4, -0.2) is 29.0 Å². The maximum Gasteiger partial charge on any atom is 0.238 e. The van der Waals surface area contributed by atoms with Gasteiger partial charge in [0.05, 0.1) is 5.69 Å². The lowest BCUT2D eigenvalue weighted by molar-refractivity contribution is 0.327. The SMILES string of the molecule is CC(C)(C)c1cc(CS(=O)(=O)Nc2ccc3n[nH]nc3c2)no1. The van der Waals surface area contributed by atoms with E-state index in [4.69, 9.17) is 4.52 Å². The molecule has 0 atom stereocenters. The molecule has 3 rings (SSSR count). The van der Waals surface area contributed by atoms with Crippen molar-refractivity contribution in [2.75, 3.05) is 4.72 Å². The van der Waals surface area contributed by atoms with Gasteiger partial charge in [0.25, 0.3) is 0 Å². The molecule has 0 aliphatic rings. The molecule has 0 saturated carbocycles. The van der Waals surface area contributed by atoms with Crippen molar-refractivity contribution in [3.8, 4) is 0 Å². The summed E-state index contributed by atoms with van der Waals surface area (Å²) in [6.07, 6.45) is 0. The van der Waals surface area contributed by atoms with E-state index in [0.29, 0.717) is 28.2 Å². The quantitative estimate of drug-likeness (QED) is 0.755. The van der Waals surface area contributed by atoms with Crippen LogP contribution in [0.3, 0.4) is 0 Å². The van der Waals surface area contributed by atoms with Gasteiger partial charge in [-0.1, -0.05) is 25.9 Å². The highest BCUT2D eigenvalue weighted by Gasteiger charge is 2.22. The Morgan fingerprint density at radius 2 is 1.91 bits per heavy atom. The van der Waals surface area contributed by atoms with Crippen LogP contribution in [-0.2, 0) is 21.2 Å². The molecule has 0 bridgehead atoms. The number of benzene rings is 1. The number of hydrogen-bond acceptors (Lipinski definition) is 6. The molecule has 0 saturated heterocycles. The number of hydrogen-bond donors (Lipinski definition) is 2. The van der Waals surface area contributed by atoms with Gasteiger partial charge >= 0.3 is 0 Å². The fourth-order valence-electron chi connectivity index (χ4n) is 2.05. The van der Waals surface area contributed by atoms with Gasteiger partial charge < -0.3 is 4.52 Å². The first-order valence-electron chi connectivity index (χ1n) is 7.00. The van der Waals surface area contributed by atoms with Crippen molar-refractivity contribution in [3.05, 3.63) is 35.7 Å². The first-order chi connectivity index (χ1) is 10.7. The summed E-state index contributed by atoms with van der Waals surface area (Å²) in [6.45, 7) is 5.91. The summed E-state index contributed by atoms with van der Waals surface area (Å²) in [5.74, 6) is 0.385. The number of aromatic nitrogens is 4. The number of anilines is 1. The second-order valence-electron chi connectivity index (χ2n) is 6.32. The highest BCUT2D eigenvalue weighted by Crippen LogP contribution is 2.24. The third-order valence-electron chi connectivity index (χ3n) is 3.23. The third-order valence-corrected chi connectivity index (χ3v) is 4.45. The molecule has 2 heterocycles. The fraction of sp³-hybridized carbons (Fsp3) is 0.357. The Kier molecular flexibility index (Phi) is 3.59. The van der Waals surface area contributed by atoms with Gasteiger partial charge in [0, 0.05) is 11.5 Å². The van der Waals surface area contributed by atoms with E-state index in [1.54, 1.807) is 24.3 Å². The van der Waals surface area contributed by atoms with E-state index in [-0.39, 0.29) is 11.2 Å². The van der Waals surface area contributed by atoms with Crippen molar-refractivity contribution < 1.29 is 12.9 Å². The first kappa shape index (κ1) is 15.5. The Morgan fingerprint density at radius 1 is 1.17 bits per heavy atom. The van der Waals surface area contributed by atoms with Gasteiger partial charge in [0.1, 0.15) is 28.2 Å². The largest absolute Gasteiger partial charge is 0.361 e. The summed E-state index contributed by atoms with van der Waals surface area (Å²) in [4.78, 5) is 0. The van der Waals surface area contributed by atoms with E-state index in [0.717, 1.165) is 0 Å². The van der Waals surface area contributed by atoms with E-state index in [1.165, 1.54) is 0 Å². The Bertz CT molecular complexity index is 937. The lowest BCUT2D eigenvalue weighted by atomic mass is 9.93. The maximum absolute atomic E-state index is 12.3. The number of rotatable bonds is 4. The number of H-pyrrole nitrogens is 1. The predicted octanol–water partition coefficient (Wildman–Crippen LogP) is 2.19. The minimum atomic E-state index is -3.60. The molecule has 0 aliphatic heterocycles. The van der Waals surface area contributed by atoms with Crippen LogP contribution in [0.5, 0.6) is 0 Å². The summed E-state index contributed by atoms with van der Waals surface area (Å²) in [5.41, 5.74) is 1.82. The highest BCUT2D eigenvalue weighted by atomic mass is 32.2. The summed E-state index contributed by atoms with van der Waals surface area (Å²) in [7, 11) is -3.60. The van der Waals surface area contributed by atoms with Crippen LogP contribution < -0.4 is 4.72 Å². The Labute approximate surface area is 133 Å². The molecule has 2 aromatic heterocycles. The average molecular weight is 335 g/mol. The number of sulfonamides is 1. The molecule has 0 fully saturated rings. The van der Waals surface area contributed by atoms with Gasteiger partial charge in [-0.3, -0.25) is 4.72 Å². The third kappa shape index (κ3) is 3.50. The lowest BCUT2D eigenvalue weighted by Crippen LogP contribution is -2.15. The van der Waals surface area contributed by atoms with Crippen molar-refractivity contribution in [1.82, 2.24) is 20.6 Å². The van der Waals surface area contributed by atoms with E-state index in [2.05, 4.69) is 25.3 Å². The molecule has 122 valence electrons. The molecular weight excluding hydrogens is 318 g/mol. The number of nitrogens with one attached hydrogen (secondary N) is 2. The van der Waals surface area contributed by atoms with Gasteiger partial charge in [-0.05, 0) is 18.2 Å². The summed E-state index contributed by atoms with van der Waals surface area (Å²) in [5, 5.41) is 14.2. The van der Waals surface area contributed by atoms with Gasteiger partial charge in [-0.25, -0.2) is 8.42 Å². The minimum Gasteiger partial charge on any atom is -0.361 e. The van der Waals surface area contributed by atoms with E-state index >= 15 is 0 Å². The van der Waals surface area contributed by atoms with Crippen molar-refractivity contribution in [3.63, 3.8) is 0 Å². The van der Waals surface area contributed by atoms with E-state index in [9.17, 15) is 8.42 Å². The minimum absolute atomic E-state index is 0.222. The molecule has 23 heavy (non-hydrogen) atoms. The predicted molar refractivity (Wildman–Crippen MR) is 85.3 cm³/mol. The van der Waals surface area contributed by atoms with Crippen molar-refractivity contribution in [2.45, 2.75) is 31.9 Å². The molecule has 9 heteroatoms. The maximum atomic E-state index is 12.3. The van der Waals surface area contributed by atoms with E-state index < -0.39 is 10.0 Å². The van der Waals surface area contributed by atoms with Gasteiger partial charge in [-0.15, -0.1) is 0 Å². The molecule has 1 aromatic carbocycles. The summed E-state index contributed by atoms with van der Waals surface area (Å²) in [6, 6.07) is 6.59. The molecule has 8 nitrogen and oxygen atoms in total. The molecule has 0 radical (unpaired) electrons. The topological polar surface area (TPSA) is 114 Å². The zero-order valence-electron chi connectivity index (χ0n) is 13.0. The Hall–Kier alpha value is -2.42. The standard InChI is InChI=1S/C14H17N5O3S/c1-14(2,3)13-7-10(17-22-13)8-23(20,21)18-9-4-5-11-12(6-9)16-19-15-11/h4-7,18H,8H2,1-3H3,(H,15,16,19). The smallest absolute Gasteiger partial charge is 0.238 e. The van der Waals surface area contributed by atoms with Crippen LogP contribution in [0.4, 0.5) is 5.69 Å². The summed E-state index contributed by atoms with van der Waals surface area (Å²) < 4.78 is 32.2. The van der Waals surface area contributed by atoms with Gasteiger partial charge in [-0.2, -0.15) is 15.4 Å². The Balaban J connectivity index is 1.77. The molecular formula is C14H17N5O3S. The van der Waals surface area contributed by atoms with Gasteiger partial charge in [0.15, 0.2) is 0 Å². The van der Waals surface area contributed by atoms with Crippen molar-refractivity contribution in [2.24, 2.45) is 0 Å². The van der Waals surface area contributed by atoms with Crippen molar-refractivity contribution in [1.29, 1.82) is 0 Å². The summed E-state index contributed by atoms with van der Waals surface area (Å²) >= 11 is 0. The molecule has 0 spiro atoms. The molecule has 3 aromatic rings. The molecule has 0 amide bonds. The second-order valence-corrected chi connectivity index (χ2v) is 8.04. The highest BCUT2D eigenvalue weighted by molar-refractivity contribution is 7.91. The normalized spacial score (nSPS) is 12.7. The van der Waals surface area contributed by atoms with Crippen LogP contribution in [0.15, 0.2) is 28.8 Å². The zero-order chi connectivity index (χ0) is 16.7. The van der Waals surface area contributed by atoms with Crippen LogP contribution in [0.1, 0.15) is 32.2 Å². The molecule has 0 aliphatic carbocycles. The Morgan fingerprint density at radius 3 is 2.61 bits per heavy atom. The number of fused-ring (bicyclic) bond motifs is 1. The monoisotopic (exact) mass is 335 g/mol. The van der Waals surface area contributed by atoms with Gasteiger partial charge in [0.2, 0.25) is 10.0 Å². The number of aromatic amines is 1. The lowest BCUT2D eigenvalue weighted by Gasteiger charge is -2.12. The van der Waals surface area contributed by atoms with Crippen LogP contribution in [0, 0.1) is 0 Å². The first-order valence-corrected chi connectivity index (χ1v) is 8.65.